The Balaban J connectivity index is 2.86. The lowest BCUT2D eigenvalue weighted by atomic mass is 10.2. The summed E-state index contributed by atoms with van der Waals surface area (Å²) in [6.07, 6.45) is 5.65. The second-order valence-electron chi connectivity index (χ2n) is 2.91. The number of hydrogen-bond acceptors (Lipinski definition) is 3. The summed E-state index contributed by atoms with van der Waals surface area (Å²) in [4.78, 5) is 0. The first-order valence-corrected chi connectivity index (χ1v) is 4.66. The van der Waals surface area contributed by atoms with E-state index in [4.69, 9.17) is 21.0 Å². The number of benzene rings is 1. The Bertz CT molecular complexity index is 330. The molecule has 15 heavy (non-hydrogen) atoms. The van der Waals surface area contributed by atoms with E-state index < -0.39 is 0 Å². The van der Waals surface area contributed by atoms with Gasteiger partial charge in [-0.25, -0.2) is 0 Å². The molecule has 0 aliphatic heterocycles. The molecule has 0 aromatic heterocycles. The van der Waals surface area contributed by atoms with Crippen LogP contribution in [0.2, 0.25) is 0 Å². The van der Waals surface area contributed by atoms with Gasteiger partial charge in [0.15, 0.2) is 11.5 Å². The van der Waals surface area contributed by atoms with E-state index in [1.54, 1.807) is 25.3 Å². The van der Waals surface area contributed by atoms with Crippen molar-refractivity contribution in [1.82, 2.24) is 0 Å². The number of terminal acetylenes is 1. The summed E-state index contributed by atoms with van der Waals surface area (Å²) in [6.45, 7) is 0.340. The van der Waals surface area contributed by atoms with Gasteiger partial charge in [-0.2, -0.15) is 0 Å². The summed E-state index contributed by atoms with van der Waals surface area (Å²) < 4.78 is 10.6. The normalized spacial score (nSPS) is 9.40. The van der Waals surface area contributed by atoms with Crippen molar-refractivity contribution < 1.29 is 14.6 Å². The fourth-order valence-electron chi connectivity index (χ4n) is 1.22. The average Bonchev–Trinajstić information content (AvgIpc) is 2.29. The molecule has 0 unspecified atom stereocenters. The molecule has 0 saturated carbocycles. The Morgan fingerprint density at radius 1 is 1.47 bits per heavy atom. The van der Waals surface area contributed by atoms with Gasteiger partial charge in [0.05, 0.1) is 20.3 Å². The van der Waals surface area contributed by atoms with Crippen molar-refractivity contribution in [3.63, 3.8) is 0 Å². The first-order chi connectivity index (χ1) is 7.33. The van der Waals surface area contributed by atoms with Crippen LogP contribution in [-0.4, -0.2) is 18.8 Å². The Hall–Kier alpha value is -1.66. The number of aliphatic hydroxyl groups excluding tert-OH is 1. The summed E-state index contributed by atoms with van der Waals surface area (Å²) in [6, 6.07) is 5.37. The zero-order valence-electron chi connectivity index (χ0n) is 8.69. The number of ether oxygens (including phenoxy) is 2. The van der Waals surface area contributed by atoms with Gasteiger partial charge in [0, 0.05) is 12.0 Å². The molecular formula is C12H14O3. The third-order valence-electron chi connectivity index (χ3n) is 1.94. The number of methoxy groups -OCH3 is 1. The SMILES string of the molecule is C#CCCOc1c(CO)cccc1OC. The fourth-order valence-corrected chi connectivity index (χ4v) is 1.22. The molecule has 80 valence electrons. The van der Waals surface area contributed by atoms with Crippen LogP contribution in [0.25, 0.3) is 0 Å². The lowest BCUT2D eigenvalue weighted by Crippen LogP contribution is -2.01. The largest absolute Gasteiger partial charge is 0.493 e. The van der Waals surface area contributed by atoms with E-state index in [-0.39, 0.29) is 6.61 Å². The molecule has 0 aliphatic carbocycles. The van der Waals surface area contributed by atoms with Gasteiger partial charge < -0.3 is 14.6 Å². The third kappa shape index (κ3) is 2.90. The van der Waals surface area contributed by atoms with E-state index in [0.29, 0.717) is 30.1 Å². The van der Waals surface area contributed by atoms with E-state index in [0.717, 1.165) is 0 Å². The van der Waals surface area contributed by atoms with E-state index >= 15 is 0 Å². The molecule has 1 aromatic carbocycles. The van der Waals surface area contributed by atoms with Gasteiger partial charge in [-0.15, -0.1) is 12.3 Å². The minimum absolute atomic E-state index is 0.0808. The maximum absolute atomic E-state index is 9.12. The molecule has 0 spiro atoms. The fraction of sp³-hybridized carbons (Fsp3) is 0.333. The second-order valence-corrected chi connectivity index (χ2v) is 2.91. The van der Waals surface area contributed by atoms with Gasteiger partial charge in [0.1, 0.15) is 0 Å². The smallest absolute Gasteiger partial charge is 0.166 e. The Labute approximate surface area is 89.6 Å². The third-order valence-corrected chi connectivity index (χ3v) is 1.94. The van der Waals surface area contributed by atoms with Crippen molar-refractivity contribution >= 4 is 0 Å². The molecule has 1 N–H and O–H groups in total. The molecule has 0 heterocycles. The quantitative estimate of drug-likeness (QED) is 0.587. The number of rotatable bonds is 5. The maximum Gasteiger partial charge on any atom is 0.166 e. The van der Waals surface area contributed by atoms with Crippen LogP contribution in [0.4, 0.5) is 0 Å². The van der Waals surface area contributed by atoms with Crippen molar-refractivity contribution in [2.24, 2.45) is 0 Å². The van der Waals surface area contributed by atoms with E-state index in [1.165, 1.54) is 0 Å². The Kier molecular flexibility index (Phi) is 4.52. The Morgan fingerprint density at radius 3 is 2.87 bits per heavy atom. The average molecular weight is 206 g/mol. The summed E-state index contributed by atoms with van der Waals surface area (Å²) in [5.74, 6) is 3.66. The predicted octanol–water partition coefficient (Wildman–Crippen LogP) is 1.59. The number of aliphatic hydroxyl groups is 1. The molecule has 0 fully saturated rings. The van der Waals surface area contributed by atoms with Crippen LogP contribution in [0.1, 0.15) is 12.0 Å². The summed E-state index contributed by atoms with van der Waals surface area (Å²) in [7, 11) is 1.56. The molecule has 1 aromatic rings. The van der Waals surface area contributed by atoms with Gasteiger partial charge in [-0.1, -0.05) is 12.1 Å². The molecule has 3 heteroatoms. The van der Waals surface area contributed by atoms with Crippen LogP contribution >= 0.6 is 0 Å². The summed E-state index contributed by atoms with van der Waals surface area (Å²) >= 11 is 0. The monoisotopic (exact) mass is 206 g/mol. The molecule has 0 aliphatic rings. The first-order valence-electron chi connectivity index (χ1n) is 4.66. The Morgan fingerprint density at radius 2 is 2.27 bits per heavy atom. The van der Waals surface area contributed by atoms with Crippen molar-refractivity contribution in [1.29, 1.82) is 0 Å². The molecule has 0 amide bonds. The minimum Gasteiger partial charge on any atom is -0.493 e. The van der Waals surface area contributed by atoms with Crippen molar-refractivity contribution in [3.8, 4) is 23.8 Å². The van der Waals surface area contributed by atoms with Crippen molar-refractivity contribution in [2.75, 3.05) is 13.7 Å². The highest BCUT2D eigenvalue weighted by atomic mass is 16.5. The zero-order chi connectivity index (χ0) is 11.1. The highest BCUT2D eigenvalue weighted by Crippen LogP contribution is 2.31. The van der Waals surface area contributed by atoms with Crippen LogP contribution in [0.5, 0.6) is 11.5 Å². The molecule has 1 rings (SSSR count). The summed E-state index contributed by atoms with van der Waals surface area (Å²) in [5.41, 5.74) is 0.700. The van der Waals surface area contributed by atoms with Crippen LogP contribution in [0, 0.1) is 12.3 Å². The standard InChI is InChI=1S/C12H14O3/c1-3-4-8-15-12-10(9-13)6-5-7-11(12)14-2/h1,5-7,13H,4,8-9H2,2H3. The number of hydrogen-bond donors (Lipinski definition) is 1. The van der Waals surface area contributed by atoms with Gasteiger partial charge in [0.25, 0.3) is 0 Å². The van der Waals surface area contributed by atoms with Gasteiger partial charge in [-0.05, 0) is 6.07 Å². The zero-order valence-corrected chi connectivity index (χ0v) is 8.69. The first kappa shape index (κ1) is 11.4. The molecule has 0 radical (unpaired) electrons. The van der Waals surface area contributed by atoms with Crippen LogP contribution < -0.4 is 9.47 Å². The van der Waals surface area contributed by atoms with Gasteiger partial charge >= 0.3 is 0 Å². The van der Waals surface area contributed by atoms with E-state index in [2.05, 4.69) is 5.92 Å². The van der Waals surface area contributed by atoms with Crippen LogP contribution in [0.3, 0.4) is 0 Å². The molecule has 0 atom stereocenters. The van der Waals surface area contributed by atoms with Gasteiger partial charge in [0.2, 0.25) is 0 Å². The minimum atomic E-state index is -0.0808. The summed E-state index contributed by atoms with van der Waals surface area (Å²) in [5, 5.41) is 9.12. The highest BCUT2D eigenvalue weighted by molar-refractivity contribution is 5.46. The van der Waals surface area contributed by atoms with Crippen molar-refractivity contribution in [3.05, 3.63) is 23.8 Å². The van der Waals surface area contributed by atoms with E-state index in [9.17, 15) is 0 Å². The highest BCUT2D eigenvalue weighted by Gasteiger charge is 2.08. The molecule has 0 bridgehead atoms. The lowest BCUT2D eigenvalue weighted by molar-refractivity contribution is 0.257. The topological polar surface area (TPSA) is 38.7 Å². The predicted molar refractivity (Wildman–Crippen MR) is 57.9 cm³/mol. The molecule has 0 saturated heterocycles. The van der Waals surface area contributed by atoms with Crippen LogP contribution in [0.15, 0.2) is 18.2 Å². The second kappa shape index (κ2) is 5.94. The number of para-hydroxylation sites is 1. The van der Waals surface area contributed by atoms with E-state index in [1.807, 2.05) is 0 Å². The van der Waals surface area contributed by atoms with Gasteiger partial charge in [-0.3, -0.25) is 0 Å². The molecule has 3 nitrogen and oxygen atoms in total. The lowest BCUT2D eigenvalue weighted by Gasteiger charge is -2.12. The van der Waals surface area contributed by atoms with Crippen LogP contribution in [-0.2, 0) is 6.61 Å². The molecular weight excluding hydrogens is 192 g/mol. The maximum atomic E-state index is 9.12. The van der Waals surface area contributed by atoms with Crippen molar-refractivity contribution in [2.45, 2.75) is 13.0 Å².